The largest absolute Gasteiger partial charge is 0.361 e. The van der Waals surface area contributed by atoms with Gasteiger partial charge in [-0.15, -0.1) is 0 Å². The number of H-pyrrole nitrogens is 1. The van der Waals surface area contributed by atoms with E-state index in [2.05, 4.69) is 37.3 Å². The third-order valence-electron chi connectivity index (χ3n) is 5.24. The molecule has 0 aliphatic carbocycles. The number of aromatic amines is 1. The number of hydrogen-bond acceptors (Lipinski definition) is 4. The number of hydrogen-bond donors (Lipinski definition) is 2. The first kappa shape index (κ1) is 19.6. The molecular weight excluding hydrogens is 374 g/mol. The SMILES string of the molecule is CN(CCc1ccncc1)c1ccc(C(=O)NCCc2c[nH]c3ccccc23)cn1. The van der Waals surface area contributed by atoms with Crippen LogP contribution in [0.2, 0.25) is 0 Å². The van der Waals surface area contributed by atoms with Crippen LogP contribution in [0.25, 0.3) is 10.9 Å². The van der Waals surface area contributed by atoms with Crippen LogP contribution in [0.15, 0.2) is 73.3 Å². The number of rotatable bonds is 8. The van der Waals surface area contributed by atoms with E-state index in [1.165, 1.54) is 16.5 Å². The number of aromatic nitrogens is 3. The molecule has 0 aliphatic heterocycles. The van der Waals surface area contributed by atoms with Gasteiger partial charge in [0.2, 0.25) is 0 Å². The molecule has 1 amide bonds. The second-order valence-corrected chi connectivity index (χ2v) is 7.30. The molecule has 0 fully saturated rings. The Bertz CT molecular complexity index is 1110. The van der Waals surface area contributed by atoms with Crippen LogP contribution in [-0.2, 0) is 12.8 Å². The number of nitrogens with one attached hydrogen (secondary N) is 2. The van der Waals surface area contributed by atoms with Crippen LogP contribution < -0.4 is 10.2 Å². The molecule has 30 heavy (non-hydrogen) atoms. The lowest BCUT2D eigenvalue weighted by Gasteiger charge is -2.18. The molecule has 1 aromatic carbocycles. The maximum atomic E-state index is 12.5. The average molecular weight is 399 g/mol. The van der Waals surface area contributed by atoms with E-state index >= 15 is 0 Å². The summed E-state index contributed by atoms with van der Waals surface area (Å²) < 4.78 is 0. The van der Waals surface area contributed by atoms with Crippen LogP contribution in [0.5, 0.6) is 0 Å². The summed E-state index contributed by atoms with van der Waals surface area (Å²) in [5.41, 5.74) is 4.13. The lowest BCUT2D eigenvalue weighted by atomic mass is 10.1. The zero-order valence-electron chi connectivity index (χ0n) is 17.0. The van der Waals surface area contributed by atoms with Crippen molar-refractivity contribution in [3.63, 3.8) is 0 Å². The smallest absolute Gasteiger partial charge is 0.252 e. The van der Waals surface area contributed by atoms with Crippen LogP contribution in [-0.4, -0.2) is 41.0 Å². The highest BCUT2D eigenvalue weighted by Gasteiger charge is 2.09. The van der Waals surface area contributed by atoms with Gasteiger partial charge in [0.1, 0.15) is 5.82 Å². The molecule has 0 radical (unpaired) electrons. The maximum Gasteiger partial charge on any atom is 0.252 e. The standard InChI is InChI=1S/C24H25N5O/c1-29(15-11-18-8-12-25-13-9-18)23-7-6-20(17-28-23)24(30)26-14-10-19-16-27-22-5-3-2-4-21(19)22/h2-9,12-13,16-17,27H,10-11,14-15H2,1H3,(H,26,30). The first-order valence-corrected chi connectivity index (χ1v) is 10.1. The molecule has 0 saturated carbocycles. The fourth-order valence-electron chi connectivity index (χ4n) is 3.46. The number of fused-ring (bicyclic) bond motifs is 1. The summed E-state index contributed by atoms with van der Waals surface area (Å²) in [6.45, 7) is 1.42. The Hall–Kier alpha value is -3.67. The van der Waals surface area contributed by atoms with Gasteiger partial charge in [-0.3, -0.25) is 9.78 Å². The van der Waals surface area contributed by atoms with Crippen LogP contribution >= 0.6 is 0 Å². The van der Waals surface area contributed by atoms with Gasteiger partial charge in [-0.2, -0.15) is 0 Å². The Labute approximate surface area is 176 Å². The summed E-state index contributed by atoms with van der Waals surface area (Å²) in [6, 6.07) is 15.9. The van der Waals surface area contributed by atoms with E-state index in [4.69, 9.17) is 0 Å². The van der Waals surface area contributed by atoms with Crippen molar-refractivity contribution < 1.29 is 4.79 Å². The van der Waals surface area contributed by atoms with E-state index in [0.29, 0.717) is 12.1 Å². The first-order chi connectivity index (χ1) is 14.7. The van der Waals surface area contributed by atoms with Gasteiger partial charge in [0.15, 0.2) is 0 Å². The molecule has 3 aromatic heterocycles. The minimum Gasteiger partial charge on any atom is -0.361 e. The third-order valence-corrected chi connectivity index (χ3v) is 5.24. The number of carbonyl (C=O) groups excluding carboxylic acids is 1. The summed E-state index contributed by atoms with van der Waals surface area (Å²) in [5, 5.41) is 4.19. The first-order valence-electron chi connectivity index (χ1n) is 10.1. The second-order valence-electron chi connectivity index (χ2n) is 7.30. The predicted octanol–water partition coefficient (Wildman–Crippen LogP) is 3.61. The van der Waals surface area contributed by atoms with Crippen LogP contribution in [0.3, 0.4) is 0 Å². The number of anilines is 1. The number of para-hydroxylation sites is 1. The van der Waals surface area contributed by atoms with Gasteiger partial charge in [-0.05, 0) is 54.3 Å². The molecule has 0 aliphatic rings. The van der Waals surface area contributed by atoms with Crippen molar-refractivity contribution in [1.82, 2.24) is 20.3 Å². The molecule has 6 nitrogen and oxygen atoms in total. The van der Waals surface area contributed by atoms with E-state index in [-0.39, 0.29) is 5.91 Å². The van der Waals surface area contributed by atoms with E-state index in [0.717, 1.165) is 30.7 Å². The molecule has 4 aromatic rings. The highest BCUT2D eigenvalue weighted by molar-refractivity contribution is 5.94. The number of carbonyl (C=O) groups is 1. The summed E-state index contributed by atoms with van der Waals surface area (Å²) in [4.78, 5) is 26.3. The molecule has 0 atom stereocenters. The van der Waals surface area contributed by atoms with Gasteiger partial charge >= 0.3 is 0 Å². The molecule has 152 valence electrons. The van der Waals surface area contributed by atoms with Crippen molar-refractivity contribution in [2.24, 2.45) is 0 Å². The molecule has 3 heterocycles. The van der Waals surface area contributed by atoms with Crippen molar-refractivity contribution in [1.29, 1.82) is 0 Å². The van der Waals surface area contributed by atoms with Gasteiger partial charge in [-0.25, -0.2) is 4.98 Å². The van der Waals surface area contributed by atoms with Crippen molar-refractivity contribution in [3.8, 4) is 0 Å². The van der Waals surface area contributed by atoms with E-state index in [1.54, 1.807) is 18.6 Å². The Morgan fingerprint density at radius 2 is 1.90 bits per heavy atom. The van der Waals surface area contributed by atoms with Crippen molar-refractivity contribution >= 4 is 22.6 Å². The number of likely N-dealkylation sites (N-methyl/N-ethyl adjacent to an activating group) is 1. The van der Waals surface area contributed by atoms with Crippen LogP contribution in [0.1, 0.15) is 21.5 Å². The van der Waals surface area contributed by atoms with E-state index < -0.39 is 0 Å². The number of benzene rings is 1. The fourth-order valence-corrected chi connectivity index (χ4v) is 3.46. The fraction of sp³-hybridized carbons (Fsp3) is 0.208. The third kappa shape index (κ3) is 4.66. The van der Waals surface area contributed by atoms with Crippen LogP contribution in [0.4, 0.5) is 5.82 Å². The maximum absolute atomic E-state index is 12.5. The molecule has 0 saturated heterocycles. The van der Waals surface area contributed by atoms with Crippen molar-refractivity contribution in [2.45, 2.75) is 12.8 Å². The highest BCUT2D eigenvalue weighted by Crippen LogP contribution is 2.17. The minimum atomic E-state index is -0.103. The number of amides is 1. The average Bonchev–Trinajstić information content (AvgIpc) is 3.21. The topological polar surface area (TPSA) is 73.9 Å². The monoisotopic (exact) mass is 399 g/mol. The van der Waals surface area contributed by atoms with Gasteiger partial charge in [0, 0.05) is 55.8 Å². The van der Waals surface area contributed by atoms with E-state index in [9.17, 15) is 4.79 Å². The zero-order chi connectivity index (χ0) is 20.8. The summed E-state index contributed by atoms with van der Waals surface area (Å²) in [7, 11) is 2.00. The highest BCUT2D eigenvalue weighted by atomic mass is 16.1. The van der Waals surface area contributed by atoms with Crippen molar-refractivity contribution in [2.75, 3.05) is 25.0 Å². The quantitative estimate of drug-likeness (QED) is 0.475. The Morgan fingerprint density at radius 1 is 1.07 bits per heavy atom. The van der Waals surface area contributed by atoms with E-state index in [1.807, 2.05) is 49.6 Å². The molecule has 2 N–H and O–H groups in total. The van der Waals surface area contributed by atoms with Crippen LogP contribution in [0, 0.1) is 0 Å². The normalized spacial score (nSPS) is 10.8. The summed E-state index contributed by atoms with van der Waals surface area (Å²) >= 11 is 0. The van der Waals surface area contributed by atoms with Gasteiger partial charge in [0.05, 0.1) is 5.56 Å². The number of pyridine rings is 2. The van der Waals surface area contributed by atoms with Crippen molar-refractivity contribution in [3.05, 3.63) is 90.0 Å². The Kier molecular flexibility index (Phi) is 6.03. The molecular formula is C24H25N5O. The summed E-state index contributed by atoms with van der Waals surface area (Å²) in [5.74, 6) is 0.743. The Morgan fingerprint density at radius 3 is 2.70 bits per heavy atom. The summed E-state index contributed by atoms with van der Waals surface area (Å²) in [6.07, 6.45) is 8.95. The van der Waals surface area contributed by atoms with Gasteiger partial charge in [0.25, 0.3) is 5.91 Å². The molecule has 4 rings (SSSR count). The lowest BCUT2D eigenvalue weighted by molar-refractivity contribution is 0.0954. The zero-order valence-corrected chi connectivity index (χ0v) is 17.0. The Balaban J connectivity index is 1.28. The van der Waals surface area contributed by atoms with Gasteiger partial charge < -0.3 is 15.2 Å². The molecule has 0 spiro atoms. The predicted molar refractivity (Wildman–Crippen MR) is 120 cm³/mol. The minimum absolute atomic E-state index is 0.103. The lowest BCUT2D eigenvalue weighted by Crippen LogP contribution is -2.26. The molecule has 0 bridgehead atoms. The number of nitrogens with zero attached hydrogens (tertiary/aromatic N) is 3. The molecule has 6 heteroatoms. The van der Waals surface area contributed by atoms with Gasteiger partial charge in [-0.1, -0.05) is 18.2 Å². The second kappa shape index (κ2) is 9.22. The molecule has 0 unspecified atom stereocenters.